The molecule has 76 heavy (non-hydrogen) atoms. The second kappa shape index (κ2) is 64.4. The molecule has 0 amide bonds. The van der Waals surface area contributed by atoms with Gasteiger partial charge in [0, 0.05) is 19.3 Å². The van der Waals surface area contributed by atoms with Gasteiger partial charge >= 0.3 is 17.9 Å². The van der Waals surface area contributed by atoms with Crippen molar-refractivity contribution in [2.45, 2.75) is 341 Å². The maximum absolute atomic E-state index is 12.9. The lowest BCUT2D eigenvalue weighted by Crippen LogP contribution is -2.30. The molecule has 0 saturated heterocycles. The van der Waals surface area contributed by atoms with Crippen LogP contribution < -0.4 is 0 Å². The van der Waals surface area contributed by atoms with Gasteiger partial charge in [-0.2, -0.15) is 0 Å². The van der Waals surface area contributed by atoms with Gasteiger partial charge in [-0.3, -0.25) is 14.4 Å². The van der Waals surface area contributed by atoms with Crippen LogP contribution >= 0.6 is 0 Å². The smallest absolute Gasteiger partial charge is 0.306 e. The molecule has 0 rings (SSSR count). The quantitative estimate of drug-likeness (QED) is 0.0261. The lowest BCUT2D eigenvalue weighted by atomic mass is 10.1. The van der Waals surface area contributed by atoms with E-state index in [-0.39, 0.29) is 31.1 Å². The predicted octanol–water partition coefficient (Wildman–Crippen LogP) is 22.5. The lowest BCUT2D eigenvalue weighted by Gasteiger charge is -2.18. The topological polar surface area (TPSA) is 78.9 Å². The van der Waals surface area contributed by atoms with Crippen molar-refractivity contribution in [3.8, 4) is 0 Å². The van der Waals surface area contributed by atoms with E-state index in [2.05, 4.69) is 93.7 Å². The lowest BCUT2D eigenvalue weighted by molar-refractivity contribution is -0.167. The van der Waals surface area contributed by atoms with Crippen molar-refractivity contribution in [3.05, 3.63) is 72.9 Å². The van der Waals surface area contributed by atoms with Crippen LogP contribution in [0.4, 0.5) is 0 Å². The zero-order valence-electron chi connectivity index (χ0n) is 50.5. The van der Waals surface area contributed by atoms with Crippen molar-refractivity contribution in [1.82, 2.24) is 0 Å². The molecule has 0 aliphatic rings. The van der Waals surface area contributed by atoms with E-state index >= 15 is 0 Å². The highest BCUT2D eigenvalue weighted by molar-refractivity contribution is 5.71. The van der Waals surface area contributed by atoms with E-state index in [1.54, 1.807) is 0 Å². The fourth-order valence-electron chi connectivity index (χ4n) is 9.42. The number of carbonyl (C=O) groups is 3. The van der Waals surface area contributed by atoms with E-state index in [1.807, 2.05) is 0 Å². The van der Waals surface area contributed by atoms with Gasteiger partial charge < -0.3 is 14.2 Å². The van der Waals surface area contributed by atoms with Gasteiger partial charge in [0.25, 0.3) is 0 Å². The Hall–Kier alpha value is -3.15. The van der Waals surface area contributed by atoms with Crippen molar-refractivity contribution in [1.29, 1.82) is 0 Å². The van der Waals surface area contributed by atoms with Gasteiger partial charge in [-0.25, -0.2) is 0 Å². The SMILES string of the molecule is CCCCCCC/C=C\C/C=C\C/C=C\CCCCCCCCCCC(=O)OCC(COC(=O)CCCCCCC/C=C\CCCCCCC)OC(=O)CCCCCCCCCCC/C=C\C/C=C\CCCCCCC. The molecule has 0 spiro atoms. The molecule has 0 aliphatic carbocycles. The van der Waals surface area contributed by atoms with Gasteiger partial charge in [0.15, 0.2) is 6.10 Å². The first-order chi connectivity index (χ1) is 37.5. The summed E-state index contributed by atoms with van der Waals surface area (Å²) in [7, 11) is 0. The van der Waals surface area contributed by atoms with Gasteiger partial charge in [-0.15, -0.1) is 0 Å². The first kappa shape index (κ1) is 72.8. The highest BCUT2D eigenvalue weighted by atomic mass is 16.6. The minimum absolute atomic E-state index is 0.0824. The molecule has 0 aromatic carbocycles. The molecule has 0 aromatic rings. The molecule has 1 atom stereocenters. The normalized spacial score (nSPS) is 12.5. The van der Waals surface area contributed by atoms with Crippen molar-refractivity contribution < 1.29 is 28.6 Å². The van der Waals surface area contributed by atoms with Crippen LogP contribution in [0.2, 0.25) is 0 Å². The van der Waals surface area contributed by atoms with E-state index < -0.39 is 6.10 Å². The Balaban J connectivity index is 4.36. The van der Waals surface area contributed by atoms with Crippen LogP contribution in [0.5, 0.6) is 0 Å². The molecule has 0 fully saturated rings. The third-order valence-electron chi connectivity index (χ3n) is 14.4. The third kappa shape index (κ3) is 61.7. The molecule has 0 saturated carbocycles. The van der Waals surface area contributed by atoms with Gasteiger partial charge in [0.1, 0.15) is 13.2 Å². The average Bonchev–Trinajstić information content (AvgIpc) is 3.42. The minimum atomic E-state index is -0.786. The number of ether oxygens (including phenoxy) is 3. The summed E-state index contributed by atoms with van der Waals surface area (Å²) in [6.45, 7) is 6.63. The zero-order chi connectivity index (χ0) is 55.0. The second-order valence-electron chi connectivity index (χ2n) is 22.0. The Morgan fingerprint density at radius 3 is 0.750 bits per heavy atom. The van der Waals surface area contributed by atoms with E-state index in [9.17, 15) is 14.4 Å². The van der Waals surface area contributed by atoms with Crippen LogP contribution in [0.3, 0.4) is 0 Å². The number of rotatable bonds is 60. The predicted molar refractivity (Wildman–Crippen MR) is 330 cm³/mol. The van der Waals surface area contributed by atoms with E-state index in [4.69, 9.17) is 14.2 Å². The van der Waals surface area contributed by atoms with Crippen molar-refractivity contribution in [2.75, 3.05) is 13.2 Å². The molecular weight excluding hydrogens is 937 g/mol. The molecule has 1 unspecified atom stereocenters. The fraction of sp³-hybridized carbons (Fsp3) is 0.786. The third-order valence-corrected chi connectivity index (χ3v) is 14.4. The molecule has 0 aliphatic heterocycles. The monoisotopic (exact) mass is 1060 g/mol. The average molecular weight is 1060 g/mol. The Morgan fingerprint density at radius 2 is 0.474 bits per heavy atom. The van der Waals surface area contributed by atoms with Crippen LogP contribution in [0.15, 0.2) is 72.9 Å². The molecule has 440 valence electrons. The number of hydrogen-bond acceptors (Lipinski definition) is 6. The molecule has 0 radical (unpaired) electrons. The van der Waals surface area contributed by atoms with Crippen LogP contribution in [0, 0.1) is 0 Å². The van der Waals surface area contributed by atoms with Gasteiger partial charge in [0.05, 0.1) is 0 Å². The number of carbonyl (C=O) groups excluding carboxylic acids is 3. The van der Waals surface area contributed by atoms with Gasteiger partial charge in [-0.1, -0.05) is 273 Å². The summed E-state index contributed by atoms with van der Waals surface area (Å²) in [5, 5.41) is 0. The molecule has 6 heteroatoms. The number of hydrogen-bond donors (Lipinski definition) is 0. The highest BCUT2D eigenvalue weighted by Gasteiger charge is 2.19. The Kier molecular flexibility index (Phi) is 61.7. The van der Waals surface area contributed by atoms with E-state index in [0.29, 0.717) is 19.3 Å². The molecule has 0 bridgehead atoms. The van der Waals surface area contributed by atoms with Crippen LogP contribution in [-0.2, 0) is 28.6 Å². The van der Waals surface area contributed by atoms with Crippen molar-refractivity contribution in [2.24, 2.45) is 0 Å². The maximum Gasteiger partial charge on any atom is 0.306 e. The minimum Gasteiger partial charge on any atom is -0.462 e. The first-order valence-corrected chi connectivity index (χ1v) is 32.9. The molecule has 0 heterocycles. The van der Waals surface area contributed by atoms with Gasteiger partial charge in [-0.05, 0) is 116 Å². The van der Waals surface area contributed by atoms with Crippen molar-refractivity contribution in [3.63, 3.8) is 0 Å². The number of esters is 3. The Morgan fingerprint density at radius 1 is 0.263 bits per heavy atom. The largest absolute Gasteiger partial charge is 0.462 e. The standard InChI is InChI=1S/C70H124O6/c1-4-7-10-13-16-19-22-25-28-30-32-34-35-37-38-40-42-45-48-51-54-57-60-63-69(72)75-66-67(65-74-68(71)62-59-56-53-50-47-44-27-24-21-18-15-12-9-6-3)76-70(73)64-61-58-55-52-49-46-43-41-39-36-33-31-29-26-23-20-17-14-11-8-5-2/h22-27,30-33,35,37,67H,4-21,28-29,34,36,38-66H2,1-3H3/b25-22-,26-23-,27-24-,32-30-,33-31-,37-35-. The van der Waals surface area contributed by atoms with Crippen LogP contribution in [0.25, 0.3) is 0 Å². The summed E-state index contributed by atoms with van der Waals surface area (Å²) in [5.74, 6) is -0.887. The van der Waals surface area contributed by atoms with E-state index in [1.165, 1.54) is 205 Å². The first-order valence-electron chi connectivity index (χ1n) is 32.9. The summed E-state index contributed by atoms with van der Waals surface area (Å²) in [6.07, 6.45) is 83.3. The van der Waals surface area contributed by atoms with Gasteiger partial charge in [0.2, 0.25) is 0 Å². The number of unbranched alkanes of at least 4 members (excludes halogenated alkanes) is 37. The Labute approximate surface area is 472 Å². The van der Waals surface area contributed by atoms with Crippen molar-refractivity contribution >= 4 is 17.9 Å². The summed E-state index contributed by atoms with van der Waals surface area (Å²) in [6, 6.07) is 0. The fourth-order valence-corrected chi connectivity index (χ4v) is 9.42. The summed E-state index contributed by atoms with van der Waals surface area (Å²) >= 11 is 0. The molecule has 6 nitrogen and oxygen atoms in total. The summed E-state index contributed by atoms with van der Waals surface area (Å²) in [5.41, 5.74) is 0. The van der Waals surface area contributed by atoms with E-state index in [0.717, 1.165) is 89.9 Å². The summed E-state index contributed by atoms with van der Waals surface area (Å²) < 4.78 is 16.9. The Bertz CT molecular complexity index is 1400. The van der Waals surface area contributed by atoms with Crippen LogP contribution in [0.1, 0.15) is 335 Å². The second-order valence-corrected chi connectivity index (χ2v) is 22.0. The number of allylic oxidation sites excluding steroid dienone is 12. The summed E-state index contributed by atoms with van der Waals surface area (Å²) in [4.78, 5) is 38.3. The highest BCUT2D eigenvalue weighted by Crippen LogP contribution is 2.16. The zero-order valence-corrected chi connectivity index (χ0v) is 50.5. The molecule has 0 N–H and O–H groups in total. The molecule has 0 aromatic heterocycles. The molecular formula is C70H124O6. The van der Waals surface area contributed by atoms with Crippen LogP contribution in [-0.4, -0.2) is 37.2 Å². The maximum atomic E-state index is 12.9.